The summed E-state index contributed by atoms with van der Waals surface area (Å²) in [5, 5.41) is 22.2. The molecule has 1 saturated carbocycles. The van der Waals surface area contributed by atoms with E-state index < -0.39 is 42.8 Å². The Labute approximate surface area is 190 Å². The maximum absolute atomic E-state index is 13.3. The van der Waals surface area contributed by atoms with Gasteiger partial charge in [-0.1, -0.05) is 0 Å². The molecule has 0 bridgehead atoms. The largest absolute Gasteiger partial charge is 0.481 e. The Morgan fingerprint density at radius 3 is 2.53 bits per heavy atom. The zero-order chi connectivity index (χ0) is 24.6. The quantitative estimate of drug-likeness (QED) is 0.430. The van der Waals surface area contributed by atoms with Crippen molar-refractivity contribution in [1.29, 1.82) is 0 Å². The van der Waals surface area contributed by atoms with Gasteiger partial charge in [0.2, 0.25) is 0 Å². The summed E-state index contributed by atoms with van der Waals surface area (Å²) in [5.74, 6) is -2.08. The molecule has 0 radical (unpaired) electrons. The van der Waals surface area contributed by atoms with Crippen LogP contribution in [0.1, 0.15) is 36.6 Å². The second kappa shape index (κ2) is 8.85. The van der Waals surface area contributed by atoms with Crippen LogP contribution < -0.4 is 0 Å². The molecule has 11 nitrogen and oxygen atoms in total. The average Bonchev–Trinajstić information content (AvgIpc) is 3.48. The molecule has 1 aliphatic carbocycles. The summed E-state index contributed by atoms with van der Waals surface area (Å²) >= 11 is 0. The third-order valence-electron chi connectivity index (χ3n) is 5.24. The van der Waals surface area contributed by atoms with Crippen molar-refractivity contribution in [3.8, 4) is 11.4 Å². The number of carboxylic acid groups (broad SMARTS) is 1. The van der Waals surface area contributed by atoms with Crippen molar-refractivity contribution in [3.05, 3.63) is 35.5 Å². The smallest absolute Gasteiger partial charge is 0.433 e. The number of rotatable bonds is 8. The Kier molecular flexibility index (Phi) is 6.08. The van der Waals surface area contributed by atoms with Crippen molar-refractivity contribution in [1.82, 2.24) is 29.5 Å². The van der Waals surface area contributed by atoms with Crippen LogP contribution in [0.25, 0.3) is 17.6 Å². The first kappa shape index (κ1) is 23.4. The van der Waals surface area contributed by atoms with Crippen LogP contribution in [-0.2, 0) is 15.8 Å². The number of halogens is 3. The summed E-state index contributed by atoms with van der Waals surface area (Å²) in [5.41, 5.74) is -0.837. The van der Waals surface area contributed by atoms with Gasteiger partial charge in [-0.3, -0.25) is 19.4 Å². The van der Waals surface area contributed by atoms with Gasteiger partial charge in [-0.15, -0.1) is 5.10 Å². The monoisotopic (exact) mass is 480 g/mol. The second-order valence-corrected chi connectivity index (χ2v) is 7.76. The Balaban J connectivity index is 1.65. The first-order valence-electron chi connectivity index (χ1n) is 10.3. The van der Waals surface area contributed by atoms with E-state index in [-0.39, 0.29) is 36.1 Å². The molecule has 2 N–H and O–H groups in total. The number of carbonyl (C=O) groups excluding carboxylic acids is 2. The van der Waals surface area contributed by atoms with E-state index >= 15 is 0 Å². The van der Waals surface area contributed by atoms with Crippen molar-refractivity contribution in [2.75, 3.05) is 19.7 Å². The fourth-order valence-electron chi connectivity index (χ4n) is 3.44. The number of amides is 3. The molecule has 34 heavy (non-hydrogen) atoms. The van der Waals surface area contributed by atoms with Gasteiger partial charge in [-0.25, -0.2) is 19.4 Å². The molecule has 0 spiro atoms. The SMILES string of the molecule is O=C(O)CCN1C(=O)/C(=C/n2cnc(-c3cc(C4CC4)nc(C(F)(F)F)c3)n2)N(CCO)C1=O. The Morgan fingerprint density at radius 1 is 1.18 bits per heavy atom. The number of aliphatic hydroxyl groups is 1. The summed E-state index contributed by atoms with van der Waals surface area (Å²) in [6.07, 6.45) is -1.32. The van der Waals surface area contributed by atoms with Gasteiger partial charge in [-0.2, -0.15) is 13.2 Å². The van der Waals surface area contributed by atoms with Crippen LogP contribution >= 0.6 is 0 Å². The lowest BCUT2D eigenvalue weighted by Gasteiger charge is -2.15. The zero-order valence-corrected chi connectivity index (χ0v) is 17.6. The van der Waals surface area contributed by atoms with E-state index in [2.05, 4.69) is 15.1 Å². The Hall–Kier alpha value is -3.81. The summed E-state index contributed by atoms with van der Waals surface area (Å²) < 4.78 is 41.0. The molecule has 3 amide bonds. The Morgan fingerprint density at radius 2 is 1.91 bits per heavy atom. The molecular weight excluding hydrogens is 461 g/mol. The molecule has 2 aliphatic rings. The van der Waals surface area contributed by atoms with Crippen LogP contribution in [0.4, 0.5) is 18.0 Å². The highest BCUT2D eigenvalue weighted by molar-refractivity contribution is 6.13. The minimum Gasteiger partial charge on any atom is -0.481 e. The number of aliphatic carboxylic acids is 1. The van der Waals surface area contributed by atoms with Crippen molar-refractivity contribution in [2.45, 2.75) is 31.4 Å². The van der Waals surface area contributed by atoms with E-state index in [9.17, 15) is 32.7 Å². The van der Waals surface area contributed by atoms with Crippen molar-refractivity contribution >= 4 is 24.1 Å². The van der Waals surface area contributed by atoms with Gasteiger partial charge < -0.3 is 10.2 Å². The summed E-state index contributed by atoms with van der Waals surface area (Å²) in [4.78, 5) is 45.5. The number of hydrogen-bond acceptors (Lipinski definition) is 7. The van der Waals surface area contributed by atoms with E-state index in [1.807, 2.05) is 0 Å². The third kappa shape index (κ3) is 4.76. The van der Waals surface area contributed by atoms with E-state index in [1.165, 1.54) is 6.07 Å². The van der Waals surface area contributed by atoms with Crippen LogP contribution in [-0.4, -0.2) is 77.4 Å². The molecule has 0 unspecified atom stereocenters. The molecule has 2 aromatic heterocycles. The standard InChI is InChI=1S/C20H19F3N6O5/c21-20(22,23)15-8-12(7-13(25-15)11-1-2-11)17-24-10-27(26-17)9-14-18(33)29(4-3-16(31)32)19(34)28(14)5-6-30/h7-11,30H,1-6H2,(H,31,32)/b14-9-. The van der Waals surface area contributed by atoms with Crippen molar-refractivity contribution < 1.29 is 37.8 Å². The molecule has 4 rings (SSSR count). The van der Waals surface area contributed by atoms with E-state index in [1.54, 1.807) is 0 Å². The summed E-state index contributed by atoms with van der Waals surface area (Å²) in [6.45, 7) is -1.06. The fraction of sp³-hybridized carbons (Fsp3) is 0.400. The number of nitrogens with zero attached hydrogens (tertiary/aromatic N) is 6. The maximum Gasteiger partial charge on any atom is 0.433 e. The molecule has 3 heterocycles. The van der Waals surface area contributed by atoms with Crippen LogP contribution in [0.2, 0.25) is 0 Å². The number of urea groups is 1. The van der Waals surface area contributed by atoms with Crippen LogP contribution in [0.5, 0.6) is 0 Å². The van der Waals surface area contributed by atoms with Crippen LogP contribution in [0.3, 0.4) is 0 Å². The number of hydrogen-bond donors (Lipinski definition) is 2. The van der Waals surface area contributed by atoms with E-state index in [4.69, 9.17) is 5.11 Å². The molecular formula is C20H19F3N6O5. The van der Waals surface area contributed by atoms with Gasteiger partial charge in [0.05, 0.1) is 25.8 Å². The fourth-order valence-corrected chi connectivity index (χ4v) is 3.44. The van der Waals surface area contributed by atoms with Gasteiger partial charge in [-0.05, 0) is 25.0 Å². The highest BCUT2D eigenvalue weighted by Crippen LogP contribution is 2.41. The predicted octanol–water partition coefficient (Wildman–Crippen LogP) is 1.77. The van der Waals surface area contributed by atoms with Crippen molar-refractivity contribution in [3.63, 3.8) is 0 Å². The van der Waals surface area contributed by atoms with Gasteiger partial charge >= 0.3 is 18.2 Å². The summed E-state index contributed by atoms with van der Waals surface area (Å²) in [7, 11) is 0. The maximum atomic E-state index is 13.3. The number of imide groups is 1. The Bertz CT molecular complexity index is 1170. The lowest BCUT2D eigenvalue weighted by atomic mass is 10.1. The van der Waals surface area contributed by atoms with Gasteiger partial charge in [0.15, 0.2) is 5.82 Å². The number of carbonyl (C=O) groups is 3. The van der Waals surface area contributed by atoms with Gasteiger partial charge in [0.25, 0.3) is 5.91 Å². The van der Waals surface area contributed by atoms with Gasteiger partial charge in [0, 0.05) is 23.7 Å². The molecule has 0 atom stereocenters. The third-order valence-corrected chi connectivity index (χ3v) is 5.24. The van der Waals surface area contributed by atoms with Crippen LogP contribution in [0, 0.1) is 0 Å². The van der Waals surface area contributed by atoms with Crippen LogP contribution in [0.15, 0.2) is 24.2 Å². The predicted molar refractivity (Wildman–Crippen MR) is 108 cm³/mol. The molecule has 1 aliphatic heterocycles. The molecule has 1 saturated heterocycles. The lowest BCUT2D eigenvalue weighted by Crippen LogP contribution is -2.35. The molecule has 2 aromatic rings. The topological polar surface area (TPSA) is 142 Å². The average molecular weight is 480 g/mol. The first-order valence-corrected chi connectivity index (χ1v) is 10.3. The minimum absolute atomic E-state index is 0.0418. The second-order valence-electron chi connectivity index (χ2n) is 7.76. The highest BCUT2D eigenvalue weighted by Gasteiger charge is 2.41. The van der Waals surface area contributed by atoms with E-state index in [0.29, 0.717) is 5.69 Å². The molecule has 14 heteroatoms. The number of aliphatic hydroxyl groups excluding tert-OH is 1. The zero-order valence-electron chi connectivity index (χ0n) is 17.6. The number of alkyl halides is 3. The molecule has 2 fully saturated rings. The number of β-amino-alcohol motifs (C(OH)–C–C–N with tert-alkyl or cyclic N) is 1. The molecule has 0 aromatic carbocycles. The number of pyridine rings is 1. The minimum atomic E-state index is -4.65. The van der Waals surface area contributed by atoms with E-state index in [0.717, 1.165) is 45.9 Å². The number of carboxylic acids is 1. The van der Waals surface area contributed by atoms with Gasteiger partial charge in [0.1, 0.15) is 17.7 Å². The first-order chi connectivity index (χ1) is 16.1. The molecule has 180 valence electrons. The highest BCUT2D eigenvalue weighted by atomic mass is 19.4. The summed E-state index contributed by atoms with van der Waals surface area (Å²) in [6, 6.07) is 1.54. The number of aromatic nitrogens is 4. The normalized spacial score (nSPS) is 17.8. The lowest BCUT2D eigenvalue weighted by molar-refractivity contribution is -0.141. The van der Waals surface area contributed by atoms with Crippen molar-refractivity contribution in [2.24, 2.45) is 0 Å².